The molecule has 2 aromatic rings. The molecule has 1 aliphatic heterocycles. The number of guanidine groups is 1. The van der Waals surface area contributed by atoms with Crippen molar-refractivity contribution in [2.24, 2.45) is 4.99 Å². The fraction of sp³-hybridized carbons (Fsp3) is 0.458. The third kappa shape index (κ3) is 7.04. The van der Waals surface area contributed by atoms with Crippen molar-refractivity contribution in [2.75, 3.05) is 26.7 Å². The van der Waals surface area contributed by atoms with Gasteiger partial charge in [0.05, 0.1) is 19.8 Å². The molecule has 6 heteroatoms. The van der Waals surface area contributed by atoms with Crippen molar-refractivity contribution < 1.29 is 9.84 Å². The van der Waals surface area contributed by atoms with Crippen LogP contribution in [0, 0.1) is 0 Å². The van der Waals surface area contributed by atoms with Gasteiger partial charge in [0, 0.05) is 32.7 Å². The molecule has 1 saturated heterocycles. The molecule has 0 saturated carbocycles. The highest BCUT2D eigenvalue weighted by Crippen LogP contribution is 2.15. The molecular weight excluding hydrogens is 376 g/mol. The first-order valence-electron chi connectivity index (χ1n) is 10.8. The van der Waals surface area contributed by atoms with Gasteiger partial charge in [0.1, 0.15) is 5.75 Å². The van der Waals surface area contributed by atoms with Crippen molar-refractivity contribution >= 4 is 5.96 Å². The molecule has 0 aliphatic carbocycles. The number of ether oxygens (including phenoxy) is 1. The first-order valence-corrected chi connectivity index (χ1v) is 10.8. The van der Waals surface area contributed by atoms with E-state index in [2.05, 4.69) is 57.8 Å². The minimum Gasteiger partial charge on any atom is -0.497 e. The SMILES string of the molecule is CCNC(=NCc1cccc(OC)c1)NCc1ccc(CN2CCC(O)CC2)cc1. The van der Waals surface area contributed by atoms with Gasteiger partial charge in [-0.05, 0) is 48.6 Å². The number of methoxy groups -OCH3 is 1. The largest absolute Gasteiger partial charge is 0.497 e. The van der Waals surface area contributed by atoms with E-state index in [1.165, 1.54) is 11.1 Å². The Bertz CT molecular complexity index is 799. The molecule has 30 heavy (non-hydrogen) atoms. The summed E-state index contributed by atoms with van der Waals surface area (Å²) < 4.78 is 5.28. The van der Waals surface area contributed by atoms with Crippen molar-refractivity contribution in [2.45, 2.75) is 45.5 Å². The number of nitrogens with zero attached hydrogens (tertiary/aromatic N) is 2. The molecule has 0 spiro atoms. The summed E-state index contributed by atoms with van der Waals surface area (Å²) in [5, 5.41) is 16.4. The molecule has 0 amide bonds. The van der Waals surface area contributed by atoms with Crippen molar-refractivity contribution in [1.29, 1.82) is 0 Å². The molecule has 3 rings (SSSR count). The van der Waals surface area contributed by atoms with Crippen molar-refractivity contribution in [3.05, 3.63) is 65.2 Å². The van der Waals surface area contributed by atoms with Gasteiger partial charge in [0.15, 0.2) is 5.96 Å². The summed E-state index contributed by atoms with van der Waals surface area (Å²) in [6.07, 6.45) is 1.64. The minimum absolute atomic E-state index is 0.119. The molecule has 0 atom stereocenters. The van der Waals surface area contributed by atoms with Gasteiger partial charge in [-0.1, -0.05) is 36.4 Å². The molecule has 1 fully saturated rings. The third-order valence-electron chi connectivity index (χ3n) is 5.34. The van der Waals surface area contributed by atoms with Crippen LogP contribution in [0.5, 0.6) is 5.75 Å². The van der Waals surface area contributed by atoms with Gasteiger partial charge < -0.3 is 20.5 Å². The molecule has 3 N–H and O–H groups in total. The predicted octanol–water partition coefficient (Wildman–Crippen LogP) is 2.91. The van der Waals surface area contributed by atoms with E-state index in [1.54, 1.807) is 7.11 Å². The van der Waals surface area contributed by atoms with Crippen molar-refractivity contribution in [1.82, 2.24) is 15.5 Å². The number of piperidine rings is 1. The van der Waals surface area contributed by atoms with E-state index in [0.29, 0.717) is 6.54 Å². The van der Waals surface area contributed by atoms with Gasteiger partial charge in [0.2, 0.25) is 0 Å². The van der Waals surface area contributed by atoms with Crippen LogP contribution in [-0.4, -0.2) is 48.8 Å². The van der Waals surface area contributed by atoms with Crippen LogP contribution in [0.4, 0.5) is 0 Å². The van der Waals surface area contributed by atoms with E-state index in [0.717, 1.165) is 62.8 Å². The van der Waals surface area contributed by atoms with Crippen LogP contribution in [0.2, 0.25) is 0 Å². The Labute approximate surface area is 180 Å². The fourth-order valence-corrected chi connectivity index (χ4v) is 3.57. The Hall–Kier alpha value is -2.57. The van der Waals surface area contributed by atoms with E-state index in [1.807, 2.05) is 18.2 Å². The Morgan fingerprint density at radius 1 is 1.07 bits per heavy atom. The van der Waals surface area contributed by atoms with Crippen LogP contribution in [0.15, 0.2) is 53.5 Å². The number of aliphatic hydroxyl groups is 1. The summed E-state index contributed by atoms with van der Waals surface area (Å²) in [6, 6.07) is 16.7. The van der Waals surface area contributed by atoms with Gasteiger partial charge in [-0.3, -0.25) is 4.90 Å². The summed E-state index contributed by atoms with van der Waals surface area (Å²) >= 11 is 0. The molecule has 1 aliphatic rings. The maximum atomic E-state index is 9.64. The van der Waals surface area contributed by atoms with Gasteiger partial charge in [-0.25, -0.2) is 4.99 Å². The Balaban J connectivity index is 1.51. The van der Waals surface area contributed by atoms with Crippen molar-refractivity contribution in [3.8, 4) is 5.75 Å². The van der Waals surface area contributed by atoms with Crippen LogP contribution in [0.3, 0.4) is 0 Å². The first-order chi connectivity index (χ1) is 14.7. The number of aliphatic hydroxyl groups excluding tert-OH is 1. The second-order valence-corrected chi connectivity index (χ2v) is 7.72. The second kappa shape index (κ2) is 11.6. The van der Waals surface area contributed by atoms with Gasteiger partial charge >= 0.3 is 0 Å². The first kappa shape index (κ1) is 22.1. The average molecular weight is 411 g/mol. The van der Waals surface area contributed by atoms with E-state index in [9.17, 15) is 5.11 Å². The number of hydrogen-bond donors (Lipinski definition) is 3. The number of aliphatic imine (C=N–C) groups is 1. The van der Waals surface area contributed by atoms with Gasteiger partial charge in [-0.15, -0.1) is 0 Å². The normalized spacial score (nSPS) is 15.8. The third-order valence-corrected chi connectivity index (χ3v) is 5.34. The highest BCUT2D eigenvalue weighted by Gasteiger charge is 2.16. The Morgan fingerprint density at radius 3 is 2.50 bits per heavy atom. The average Bonchev–Trinajstić information content (AvgIpc) is 2.78. The maximum absolute atomic E-state index is 9.64. The van der Waals surface area contributed by atoms with Crippen LogP contribution < -0.4 is 15.4 Å². The van der Waals surface area contributed by atoms with Crippen LogP contribution in [-0.2, 0) is 19.6 Å². The molecule has 2 aromatic carbocycles. The molecule has 0 aromatic heterocycles. The zero-order valence-electron chi connectivity index (χ0n) is 18.1. The lowest BCUT2D eigenvalue weighted by Gasteiger charge is -2.29. The molecule has 0 radical (unpaired) electrons. The molecule has 6 nitrogen and oxygen atoms in total. The van der Waals surface area contributed by atoms with Crippen LogP contribution in [0.25, 0.3) is 0 Å². The van der Waals surface area contributed by atoms with Gasteiger partial charge in [-0.2, -0.15) is 0 Å². The predicted molar refractivity (Wildman–Crippen MR) is 122 cm³/mol. The topological polar surface area (TPSA) is 69.1 Å². The number of benzene rings is 2. The fourth-order valence-electron chi connectivity index (χ4n) is 3.57. The molecular formula is C24H34N4O2. The van der Waals surface area contributed by atoms with E-state index in [-0.39, 0.29) is 6.10 Å². The van der Waals surface area contributed by atoms with Crippen LogP contribution >= 0.6 is 0 Å². The zero-order valence-corrected chi connectivity index (χ0v) is 18.1. The second-order valence-electron chi connectivity index (χ2n) is 7.72. The van der Waals surface area contributed by atoms with Crippen molar-refractivity contribution in [3.63, 3.8) is 0 Å². The minimum atomic E-state index is -0.119. The molecule has 1 heterocycles. The maximum Gasteiger partial charge on any atom is 0.191 e. The number of rotatable bonds is 8. The monoisotopic (exact) mass is 410 g/mol. The number of hydrogen-bond acceptors (Lipinski definition) is 4. The van der Waals surface area contributed by atoms with E-state index < -0.39 is 0 Å². The van der Waals surface area contributed by atoms with Gasteiger partial charge in [0.25, 0.3) is 0 Å². The Kier molecular flexibility index (Phi) is 8.53. The number of nitrogens with one attached hydrogen (secondary N) is 2. The lowest BCUT2D eigenvalue weighted by Crippen LogP contribution is -2.36. The van der Waals surface area contributed by atoms with E-state index >= 15 is 0 Å². The Morgan fingerprint density at radius 2 is 1.80 bits per heavy atom. The standard InChI is InChI=1S/C24H34N4O2/c1-3-25-24(27-17-21-5-4-6-23(15-21)30-2)26-16-19-7-9-20(10-8-19)18-28-13-11-22(29)12-14-28/h4-10,15,22,29H,3,11-14,16-18H2,1-2H3,(H2,25,26,27). The highest BCUT2D eigenvalue weighted by molar-refractivity contribution is 5.79. The quantitative estimate of drug-likeness (QED) is 0.461. The molecule has 0 bridgehead atoms. The zero-order chi connectivity index (χ0) is 21.2. The summed E-state index contributed by atoms with van der Waals surface area (Å²) in [4.78, 5) is 7.10. The molecule has 162 valence electrons. The lowest BCUT2D eigenvalue weighted by atomic mass is 10.1. The summed E-state index contributed by atoms with van der Waals surface area (Å²) in [5.74, 6) is 1.65. The summed E-state index contributed by atoms with van der Waals surface area (Å²) in [7, 11) is 1.68. The summed E-state index contributed by atoms with van der Waals surface area (Å²) in [6.45, 7) is 7.09. The van der Waals surface area contributed by atoms with Crippen LogP contribution in [0.1, 0.15) is 36.5 Å². The number of likely N-dealkylation sites (tertiary alicyclic amines) is 1. The smallest absolute Gasteiger partial charge is 0.191 e. The van der Waals surface area contributed by atoms with E-state index in [4.69, 9.17) is 4.74 Å². The summed E-state index contributed by atoms with van der Waals surface area (Å²) in [5.41, 5.74) is 3.65. The lowest BCUT2D eigenvalue weighted by molar-refractivity contribution is 0.0792. The highest BCUT2D eigenvalue weighted by atomic mass is 16.5. The molecule has 0 unspecified atom stereocenters.